The SMILES string of the molecule is Cc1nc(C)c(CNC[C@@H]2CCN(C)[C@H]2c2cccnc2)s1. The number of thiazole rings is 1. The molecule has 0 aliphatic carbocycles. The summed E-state index contributed by atoms with van der Waals surface area (Å²) in [5.41, 5.74) is 2.50. The van der Waals surface area contributed by atoms with Crippen LogP contribution in [0.2, 0.25) is 0 Å². The van der Waals surface area contributed by atoms with E-state index in [1.807, 2.05) is 18.5 Å². The van der Waals surface area contributed by atoms with E-state index >= 15 is 0 Å². The maximum absolute atomic E-state index is 4.50. The smallest absolute Gasteiger partial charge is 0.0900 e. The molecule has 1 fully saturated rings. The van der Waals surface area contributed by atoms with Crippen LogP contribution in [0.3, 0.4) is 0 Å². The first-order chi connectivity index (χ1) is 10.6. The van der Waals surface area contributed by atoms with Crippen LogP contribution in [0.1, 0.15) is 33.6 Å². The average molecular weight is 316 g/mol. The fourth-order valence-corrected chi connectivity index (χ4v) is 4.33. The zero-order valence-electron chi connectivity index (χ0n) is 13.5. The van der Waals surface area contributed by atoms with Crippen LogP contribution in [-0.4, -0.2) is 35.0 Å². The third-order valence-electron chi connectivity index (χ3n) is 4.49. The monoisotopic (exact) mass is 316 g/mol. The highest BCUT2D eigenvalue weighted by Crippen LogP contribution is 2.35. The molecule has 0 bridgehead atoms. The van der Waals surface area contributed by atoms with Crippen LogP contribution >= 0.6 is 11.3 Å². The second-order valence-corrected chi connectivity index (χ2v) is 7.42. The van der Waals surface area contributed by atoms with E-state index in [9.17, 15) is 0 Å². The summed E-state index contributed by atoms with van der Waals surface area (Å²) in [6.07, 6.45) is 5.10. The zero-order valence-corrected chi connectivity index (χ0v) is 14.4. The molecule has 1 N–H and O–H groups in total. The van der Waals surface area contributed by atoms with Gasteiger partial charge in [-0.3, -0.25) is 9.88 Å². The molecule has 0 aromatic carbocycles. The Labute approximate surface area is 136 Å². The lowest BCUT2D eigenvalue weighted by molar-refractivity contribution is 0.271. The summed E-state index contributed by atoms with van der Waals surface area (Å²) in [6.45, 7) is 7.30. The standard InChI is InChI=1S/C17H24N4S/c1-12-16(22-13(2)20-12)11-19-10-15-6-8-21(3)17(15)14-5-4-7-18-9-14/h4-5,7,9,15,17,19H,6,8,10-11H2,1-3H3/t15-,17-/m0/s1. The summed E-state index contributed by atoms with van der Waals surface area (Å²) in [5, 5.41) is 4.80. The highest BCUT2D eigenvalue weighted by atomic mass is 32.1. The van der Waals surface area contributed by atoms with Crippen molar-refractivity contribution in [2.24, 2.45) is 5.92 Å². The third-order valence-corrected chi connectivity index (χ3v) is 5.56. The molecule has 0 amide bonds. The Morgan fingerprint density at radius 2 is 2.27 bits per heavy atom. The Bertz CT molecular complexity index is 610. The molecule has 2 atom stereocenters. The summed E-state index contributed by atoms with van der Waals surface area (Å²) >= 11 is 1.80. The number of aryl methyl sites for hydroxylation is 2. The van der Waals surface area contributed by atoms with Crippen LogP contribution in [0.4, 0.5) is 0 Å². The lowest BCUT2D eigenvalue weighted by atomic mass is 9.95. The first-order valence-electron chi connectivity index (χ1n) is 7.89. The van der Waals surface area contributed by atoms with E-state index in [0.717, 1.165) is 24.6 Å². The van der Waals surface area contributed by atoms with E-state index in [1.165, 1.54) is 22.6 Å². The van der Waals surface area contributed by atoms with Gasteiger partial charge in [-0.2, -0.15) is 0 Å². The van der Waals surface area contributed by atoms with Gasteiger partial charge >= 0.3 is 0 Å². The normalized spacial score (nSPS) is 22.3. The first kappa shape index (κ1) is 15.6. The minimum absolute atomic E-state index is 0.477. The van der Waals surface area contributed by atoms with Crippen molar-refractivity contribution in [2.75, 3.05) is 20.1 Å². The minimum Gasteiger partial charge on any atom is -0.311 e. The summed E-state index contributed by atoms with van der Waals surface area (Å²) in [7, 11) is 2.22. The molecule has 4 nitrogen and oxygen atoms in total. The Morgan fingerprint density at radius 3 is 2.95 bits per heavy atom. The Morgan fingerprint density at radius 1 is 1.41 bits per heavy atom. The lowest BCUT2D eigenvalue weighted by Gasteiger charge is -2.25. The third kappa shape index (κ3) is 3.37. The Balaban J connectivity index is 1.61. The second kappa shape index (κ2) is 6.86. The van der Waals surface area contributed by atoms with Gasteiger partial charge in [-0.05, 0) is 51.4 Å². The first-order valence-corrected chi connectivity index (χ1v) is 8.70. The van der Waals surface area contributed by atoms with Gasteiger partial charge in [0.1, 0.15) is 0 Å². The molecule has 0 unspecified atom stereocenters. The zero-order chi connectivity index (χ0) is 15.5. The maximum atomic E-state index is 4.50. The molecule has 0 radical (unpaired) electrons. The van der Waals surface area contributed by atoms with E-state index in [2.05, 4.69) is 47.1 Å². The molecule has 3 heterocycles. The number of hydrogen-bond acceptors (Lipinski definition) is 5. The van der Waals surface area contributed by atoms with Crippen molar-refractivity contribution in [1.29, 1.82) is 0 Å². The topological polar surface area (TPSA) is 41.1 Å². The van der Waals surface area contributed by atoms with Crippen LogP contribution in [0.15, 0.2) is 24.5 Å². The van der Waals surface area contributed by atoms with Gasteiger partial charge < -0.3 is 5.32 Å². The molecule has 0 spiro atoms. The number of pyridine rings is 1. The van der Waals surface area contributed by atoms with Crippen LogP contribution in [-0.2, 0) is 6.54 Å². The summed E-state index contributed by atoms with van der Waals surface area (Å²) < 4.78 is 0. The van der Waals surface area contributed by atoms with Gasteiger partial charge in [0.25, 0.3) is 0 Å². The highest BCUT2D eigenvalue weighted by Gasteiger charge is 2.32. The molecule has 2 aromatic heterocycles. The number of hydrogen-bond donors (Lipinski definition) is 1. The number of likely N-dealkylation sites (tertiary alicyclic amines) is 1. The summed E-state index contributed by atoms with van der Waals surface area (Å²) in [6, 6.07) is 4.71. The molecule has 1 aliphatic rings. The van der Waals surface area contributed by atoms with Gasteiger partial charge in [0.15, 0.2) is 0 Å². The number of rotatable bonds is 5. The molecule has 118 valence electrons. The van der Waals surface area contributed by atoms with Gasteiger partial charge in [0.2, 0.25) is 0 Å². The maximum Gasteiger partial charge on any atom is 0.0900 e. The molecule has 22 heavy (non-hydrogen) atoms. The number of nitrogens with one attached hydrogen (secondary N) is 1. The fourth-order valence-electron chi connectivity index (χ4n) is 3.43. The van der Waals surface area contributed by atoms with Crippen LogP contribution in [0.25, 0.3) is 0 Å². The number of nitrogens with zero attached hydrogens (tertiary/aromatic N) is 3. The molecular formula is C17H24N4S. The molecule has 5 heteroatoms. The van der Waals surface area contributed by atoms with Gasteiger partial charge in [-0.1, -0.05) is 6.07 Å². The van der Waals surface area contributed by atoms with E-state index in [4.69, 9.17) is 0 Å². The van der Waals surface area contributed by atoms with E-state index in [0.29, 0.717) is 12.0 Å². The van der Waals surface area contributed by atoms with E-state index < -0.39 is 0 Å². The second-order valence-electron chi connectivity index (χ2n) is 6.13. The molecule has 0 saturated carbocycles. The lowest BCUT2D eigenvalue weighted by Crippen LogP contribution is -2.28. The van der Waals surface area contributed by atoms with Gasteiger partial charge in [0.05, 0.1) is 10.7 Å². The van der Waals surface area contributed by atoms with Crippen molar-refractivity contribution in [1.82, 2.24) is 20.2 Å². The molecule has 1 aliphatic heterocycles. The van der Waals surface area contributed by atoms with Gasteiger partial charge in [0, 0.05) is 36.4 Å². The predicted molar refractivity (Wildman–Crippen MR) is 91.0 cm³/mol. The number of aromatic nitrogens is 2. The molecular weight excluding hydrogens is 292 g/mol. The molecule has 2 aromatic rings. The van der Waals surface area contributed by atoms with Crippen molar-refractivity contribution >= 4 is 11.3 Å². The van der Waals surface area contributed by atoms with Crippen molar-refractivity contribution in [3.63, 3.8) is 0 Å². The van der Waals surface area contributed by atoms with Crippen LogP contribution < -0.4 is 5.32 Å². The molecule has 3 rings (SSSR count). The van der Waals surface area contributed by atoms with E-state index in [-0.39, 0.29) is 0 Å². The van der Waals surface area contributed by atoms with Crippen LogP contribution in [0.5, 0.6) is 0 Å². The fraction of sp³-hybridized carbons (Fsp3) is 0.529. The quantitative estimate of drug-likeness (QED) is 0.921. The van der Waals surface area contributed by atoms with E-state index in [1.54, 1.807) is 11.3 Å². The summed E-state index contributed by atoms with van der Waals surface area (Å²) in [5.74, 6) is 0.642. The summed E-state index contributed by atoms with van der Waals surface area (Å²) in [4.78, 5) is 12.6. The van der Waals surface area contributed by atoms with Crippen LogP contribution in [0, 0.1) is 19.8 Å². The van der Waals surface area contributed by atoms with Crippen molar-refractivity contribution in [3.8, 4) is 0 Å². The largest absolute Gasteiger partial charge is 0.311 e. The Kier molecular flexibility index (Phi) is 4.86. The van der Waals surface area contributed by atoms with Crippen molar-refractivity contribution < 1.29 is 0 Å². The van der Waals surface area contributed by atoms with Crippen molar-refractivity contribution in [3.05, 3.63) is 45.7 Å². The minimum atomic E-state index is 0.477. The van der Waals surface area contributed by atoms with Gasteiger partial charge in [-0.15, -0.1) is 11.3 Å². The average Bonchev–Trinajstić information content (AvgIpc) is 3.03. The van der Waals surface area contributed by atoms with Gasteiger partial charge in [-0.25, -0.2) is 4.98 Å². The van der Waals surface area contributed by atoms with Crippen molar-refractivity contribution in [2.45, 2.75) is 32.9 Å². The predicted octanol–water partition coefficient (Wildman–Crippen LogP) is 2.94. The highest BCUT2D eigenvalue weighted by molar-refractivity contribution is 7.11. The Hall–Kier alpha value is -1.30. The molecule has 1 saturated heterocycles.